The summed E-state index contributed by atoms with van der Waals surface area (Å²) in [5, 5.41) is 32.6. The highest BCUT2D eigenvalue weighted by Crippen LogP contribution is 2.18. The van der Waals surface area contributed by atoms with Gasteiger partial charge in [-0.15, -0.1) is 24.2 Å². The molecule has 292 valence electrons. The lowest BCUT2D eigenvalue weighted by Gasteiger charge is -2.25. The van der Waals surface area contributed by atoms with Gasteiger partial charge in [-0.3, -0.25) is 29.8 Å². The number of rotatable bonds is 13. The lowest BCUT2D eigenvalue weighted by molar-refractivity contribution is -0.562. The van der Waals surface area contributed by atoms with Crippen LogP contribution in [0.25, 0.3) is 0 Å². The van der Waals surface area contributed by atoms with Crippen molar-refractivity contribution in [3.05, 3.63) is 79.9 Å². The molecule has 2 rings (SSSR count). The van der Waals surface area contributed by atoms with Gasteiger partial charge in [-0.05, 0) is 62.4 Å². The number of carboxylic acids is 1. The van der Waals surface area contributed by atoms with Gasteiger partial charge in [0.15, 0.2) is 12.1 Å². The van der Waals surface area contributed by atoms with Gasteiger partial charge in [0.05, 0.1) is 19.8 Å². The Morgan fingerprint density at radius 3 is 1.47 bits per heavy atom. The number of nitrogens with one attached hydrogen (secondary N) is 1. The second kappa shape index (κ2) is 25.1. The smallest absolute Gasteiger partial charge is 0.335 e. The first-order valence-corrected chi connectivity index (χ1v) is 14.8. The Balaban J connectivity index is -0.000000760. The summed E-state index contributed by atoms with van der Waals surface area (Å²) in [5.41, 5.74) is 2.54. The molecule has 0 aliphatic carbocycles. The van der Waals surface area contributed by atoms with E-state index >= 15 is 0 Å². The molecule has 0 bridgehead atoms. The predicted molar refractivity (Wildman–Crippen MR) is 197 cm³/mol. The fourth-order valence-corrected chi connectivity index (χ4v) is 3.27. The van der Waals surface area contributed by atoms with E-state index in [1.165, 1.54) is 52.0 Å². The van der Waals surface area contributed by atoms with Crippen LogP contribution in [0.3, 0.4) is 0 Å². The number of methoxy groups -OCH3 is 2. The average Bonchev–Trinajstić information content (AvgIpc) is 3.10. The molecule has 0 radical (unpaired) electrons. The van der Waals surface area contributed by atoms with Gasteiger partial charge in [-0.2, -0.15) is 0 Å². The quantitative estimate of drug-likeness (QED) is 0.114. The predicted octanol–water partition coefficient (Wildman–Crippen LogP) is 3.80. The van der Waals surface area contributed by atoms with Crippen molar-refractivity contribution in [3.63, 3.8) is 0 Å². The second-order valence-corrected chi connectivity index (χ2v) is 11.0. The summed E-state index contributed by atoms with van der Waals surface area (Å²) in [6, 6.07) is 9.65. The molecule has 0 spiro atoms. The maximum atomic E-state index is 12.3. The van der Waals surface area contributed by atoms with Crippen LogP contribution >= 0.6 is 12.4 Å². The van der Waals surface area contributed by atoms with E-state index in [0.717, 1.165) is 14.2 Å². The number of halogens is 1. The molecule has 0 aromatic heterocycles. The first-order chi connectivity index (χ1) is 23.8. The summed E-state index contributed by atoms with van der Waals surface area (Å²) in [7, 11) is 2.24. The van der Waals surface area contributed by atoms with Gasteiger partial charge < -0.3 is 35.1 Å². The molecule has 53 heavy (non-hydrogen) atoms. The second-order valence-electron chi connectivity index (χ2n) is 11.0. The number of nitrogens with two attached hydrogens (primary N) is 1. The van der Waals surface area contributed by atoms with Crippen LogP contribution in [-0.2, 0) is 19.1 Å². The highest BCUT2D eigenvalue weighted by atomic mass is 35.5. The molecule has 0 aliphatic heterocycles. The topological polar surface area (TPSA) is 250 Å². The Hall–Kier alpha value is -5.91. The standard InChI is InChI=1S/C17H20N2O6.C11H10O3.C6H12N2O4.CH4.ClH/c1-5-6-11-25-13-9-7-12(8-10-13)15(20)18-14(16(21)24-4)17(2,3)19(22)23;1-2-3-8-14-10-6-4-9(5-7-10)11(12)13;1-6(2,8(10)11)4(7)5(9)12-3;;/h7-10,14H,11H2,1-4H3,(H,18,20);4-7H,8H2,1H3,(H,12,13);4H,7H2,1-3H3;1H4;1H. The fourth-order valence-electron chi connectivity index (χ4n) is 3.27. The van der Waals surface area contributed by atoms with E-state index in [1.807, 2.05) is 0 Å². The number of hydrogen-bond acceptors (Lipinski definition) is 13. The molecule has 2 unspecified atom stereocenters. The number of aromatic carboxylic acids is 1. The van der Waals surface area contributed by atoms with E-state index in [1.54, 1.807) is 38.1 Å². The molecule has 2 atom stereocenters. The van der Waals surface area contributed by atoms with Crippen molar-refractivity contribution in [1.29, 1.82) is 0 Å². The molecular formula is C35H47ClN4O13. The lowest BCUT2D eigenvalue weighted by atomic mass is 9.95. The van der Waals surface area contributed by atoms with E-state index in [0.29, 0.717) is 18.1 Å². The van der Waals surface area contributed by atoms with Gasteiger partial charge in [0.25, 0.3) is 5.91 Å². The van der Waals surface area contributed by atoms with Gasteiger partial charge in [-0.1, -0.05) is 19.3 Å². The molecule has 2 aromatic rings. The number of nitrogens with zero attached hydrogens (tertiary/aromatic N) is 2. The minimum Gasteiger partial charge on any atom is -0.481 e. The molecule has 1 amide bonds. The van der Waals surface area contributed by atoms with Crippen LogP contribution < -0.4 is 20.5 Å². The molecule has 17 nitrogen and oxygen atoms in total. The van der Waals surface area contributed by atoms with E-state index in [4.69, 9.17) is 20.3 Å². The lowest BCUT2D eigenvalue weighted by Crippen LogP contribution is -2.58. The number of benzene rings is 2. The molecule has 2 aromatic carbocycles. The number of hydrogen-bond donors (Lipinski definition) is 3. The Labute approximate surface area is 314 Å². The molecule has 0 fully saturated rings. The van der Waals surface area contributed by atoms with Crippen LogP contribution in [0.1, 0.15) is 69.7 Å². The van der Waals surface area contributed by atoms with E-state index < -0.39 is 56.8 Å². The minimum absolute atomic E-state index is 0. The van der Waals surface area contributed by atoms with Gasteiger partial charge in [-0.25, -0.2) is 9.59 Å². The van der Waals surface area contributed by atoms with Crippen LogP contribution in [0, 0.1) is 43.9 Å². The summed E-state index contributed by atoms with van der Waals surface area (Å²) >= 11 is 0. The molecule has 0 saturated carbocycles. The molecule has 0 aliphatic rings. The zero-order valence-corrected chi connectivity index (χ0v) is 30.7. The van der Waals surface area contributed by atoms with Crippen molar-refractivity contribution in [1.82, 2.24) is 5.32 Å². The largest absolute Gasteiger partial charge is 0.481 e. The number of ether oxygens (including phenoxy) is 4. The Morgan fingerprint density at radius 2 is 1.15 bits per heavy atom. The van der Waals surface area contributed by atoms with Crippen LogP contribution in [0.15, 0.2) is 48.5 Å². The highest BCUT2D eigenvalue weighted by Gasteiger charge is 2.47. The van der Waals surface area contributed by atoms with Crippen molar-refractivity contribution < 1.29 is 53.1 Å². The summed E-state index contributed by atoms with van der Waals surface area (Å²) < 4.78 is 19.4. The molecule has 4 N–H and O–H groups in total. The van der Waals surface area contributed by atoms with Crippen LogP contribution in [0.5, 0.6) is 11.5 Å². The highest BCUT2D eigenvalue weighted by molar-refractivity contribution is 5.97. The van der Waals surface area contributed by atoms with Crippen molar-refractivity contribution in [2.75, 3.05) is 27.4 Å². The van der Waals surface area contributed by atoms with Crippen LogP contribution in [0.2, 0.25) is 0 Å². The first-order valence-electron chi connectivity index (χ1n) is 14.8. The maximum Gasteiger partial charge on any atom is 0.335 e. The average molecular weight is 767 g/mol. The number of carboxylic acid groups (broad SMARTS) is 1. The van der Waals surface area contributed by atoms with Crippen molar-refractivity contribution in [3.8, 4) is 35.2 Å². The van der Waals surface area contributed by atoms with Gasteiger partial charge in [0.2, 0.25) is 11.1 Å². The summed E-state index contributed by atoms with van der Waals surface area (Å²) in [6.07, 6.45) is 0. The normalized spacial score (nSPS) is 10.8. The summed E-state index contributed by atoms with van der Waals surface area (Å²) in [5.74, 6) is 8.77. The SMILES string of the molecule is C.CC#CCOc1ccc(C(=O)NC(C(=O)OC)C(C)(C)[N+](=O)[O-])cc1.CC#CCOc1ccc(C(=O)O)cc1.COC(=O)C(N)C(C)(C)[N+](=O)[O-].Cl. The number of amides is 1. The number of carbonyl (C=O) groups excluding carboxylic acids is 3. The Kier molecular flexibility index (Phi) is 24.4. The van der Waals surface area contributed by atoms with E-state index in [9.17, 15) is 39.4 Å². The molecule has 18 heteroatoms. The Bertz CT molecular complexity index is 1640. The number of nitro groups is 2. The zero-order chi connectivity index (χ0) is 39.4. The number of esters is 2. The summed E-state index contributed by atoms with van der Waals surface area (Å²) in [6.45, 7) is 8.99. The zero-order valence-electron chi connectivity index (χ0n) is 29.9. The van der Waals surface area contributed by atoms with Crippen LogP contribution in [0.4, 0.5) is 0 Å². The monoisotopic (exact) mass is 766 g/mol. The van der Waals surface area contributed by atoms with Gasteiger partial charge in [0, 0.05) is 43.1 Å². The Morgan fingerprint density at radius 1 is 0.774 bits per heavy atom. The first kappa shape index (κ1) is 51.5. The molecule has 0 heterocycles. The third-order valence-electron chi connectivity index (χ3n) is 6.77. The maximum absolute atomic E-state index is 12.3. The minimum atomic E-state index is -1.73. The van der Waals surface area contributed by atoms with Crippen molar-refractivity contribution >= 4 is 36.2 Å². The molecule has 0 saturated heterocycles. The van der Waals surface area contributed by atoms with E-state index in [2.05, 4.69) is 38.5 Å². The van der Waals surface area contributed by atoms with Crippen LogP contribution in [-0.4, -0.2) is 89.4 Å². The van der Waals surface area contributed by atoms with Crippen molar-refractivity contribution in [2.45, 2.75) is 72.1 Å². The van der Waals surface area contributed by atoms with Crippen molar-refractivity contribution in [2.24, 2.45) is 5.73 Å². The number of carbonyl (C=O) groups is 4. The fraction of sp³-hybridized carbons (Fsp3) is 0.429. The summed E-state index contributed by atoms with van der Waals surface area (Å²) in [4.78, 5) is 65.8. The third-order valence-corrected chi connectivity index (χ3v) is 6.77. The third kappa shape index (κ3) is 17.2. The molecular weight excluding hydrogens is 720 g/mol. The van der Waals surface area contributed by atoms with Gasteiger partial charge in [0.1, 0.15) is 24.7 Å². The van der Waals surface area contributed by atoms with Gasteiger partial charge >= 0.3 is 17.9 Å². The van der Waals surface area contributed by atoms with E-state index in [-0.39, 0.29) is 37.6 Å².